The van der Waals surface area contributed by atoms with E-state index in [-0.39, 0.29) is 34.4 Å². The van der Waals surface area contributed by atoms with E-state index in [1.165, 1.54) is 0 Å². The third kappa shape index (κ3) is 3.82. The summed E-state index contributed by atoms with van der Waals surface area (Å²) in [5.41, 5.74) is -1.73. The first-order chi connectivity index (χ1) is 12.7. The molecule has 3 aliphatic rings. The zero-order valence-corrected chi connectivity index (χ0v) is 19.3. The molecule has 2 saturated carbocycles. The summed E-state index contributed by atoms with van der Waals surface area (Å²) in [5, 5.41) is 0. The average molecular weight is 435 g/mol. The second-order valence-electron chi connectivity index (χ2n) is 10.2. The minimum atomic E-state index is -3.95. The van der Waals surface area contributed by atoms with Gasteiger partial charge in [-0.1, -0.05) is 34.6 Å². The van der Waals surface area contributed by atoms with Gasteiger partial charge in [0.15, 0.2) is 0 Å². The second-order valence-corrected chi connectivity index (χ2v) is 15.2. The van der Waals surface area contributed by atoms with Crippen molar-refractivity contribution in [3.8, 4) is 0 Å². The summed E-state index contributed by atoms with van der Waals surface area (Å²) >= 11 is 0. The second kappa shape index (κ2) is 7.06. The number of carbonyl (C=O) groups is 2. The summed E-state index contributed by atoms with van der Waals surface area (Å²) in [4.78, 5) is 25.4. The minimum Gasteiger partial charge on any atom is -0.380 e. The number of ether oxygens (including phenoxy) is 1. The SMILES string of the molecule is CC(C)(C)C(=O)CS1(OS(=O)(=O)CC23CCC(CC2=O)C3(C)C)CCOCC1. The lowest BCUT2D eigenvalue weighted by Crippen LogP contribution is -2.44. The molecule has 0 radical (unpaired) electrons. The van der Waals surface area contributed by atoms with Crippen molar-refractivity contribution < 1.29 is 26.4 Å². The topological polar surface area (TPSA) is 86.7 Å². The molecule has 0 aromatic carbocycles. The normalized spacial score (nSPS) is 33.0. The number of hydrogen-bond acceptors (Lipinski definition) is 6. The monoisotopic (exact) mass is 434 g/mol. The zero-order valence-electron chi connectivity index (χ0n) is 17.7. The molecule has 2 aliphatic carbocycles. The number of rotatable bonds is 6. The quantitative estimate of drug-likeness (QED) is 0.638. The van der Waals surface area contributed by atoms with Gasteiger partial charge in [-0.15, -0.1) is 10.3 Å². The van der Waals surface area contributed by atoms with Gasteiger partial charge in [-0.25, -0.2) is 3.63 Å². The Morgan fingerprint density at radius 2 is 1.86 bits per heavy atom. The maximum Gasteiger partial charge on any atom is 0.277 e. The van der Waals surface area contributed by atoms with Gasteiger partial charge in [0.05, 0.1) is 30.1 Å². The van der Waals surface area contributed by atoms with Crippen molar-refractivity contribution in [1.29, 1.82) is 0 Å². The maximum atomic E-state index is 13.2. The Morgan fingerprint density at radius 3 is 2.32 bits per heavy atom. The number of carbonyl (C=O) groups excluding carboxylic acids is 2. The van der Waals surface area contributed by atoms with Crippen molar-refractivity contribution in [3.63, 3.8) is 0 Å². The number of hydrogen-bond donors (Lipinski definition) is 0. The van der Waals surface area contributed by atoms with Gasteiger partial charge in [0.2, 0.25) is 0 Å². The predicted octanol–water partition coefficient (Wildman–Crippen LogP) is 3.09. The molecule has 6 nitrogen and oxygen atoms in total. The third-order valence-electron chi connectivity index (χ3n) is 7.24. The molecule has 1 aliphatic heterocycles. The van der Waals surface area contributed by atoms with Gasteiger partial charge in [-0.2, -0.15) is 8.42 Å². The first-order valence-corrected chi connectivity index (χ1v) is 13.7. The number of ketones is 2. The number of Topliss-reactive ketones (excluding diaryl/α,β-unsaturated/α-hetero) is 2. The Bertz CT molecular complexity index is 758. The largest absolute Gasteiger partial charge is 0.380 e. The van der Waals surface area contributed by atoms with Crippen molar-refractivity contribution in [3.05, 3.63) is 0 Å². The van der Waals surface area contributed by atoms with E-state index in [1.54, 1.807) is 0 Å². The van der Waals surface area contributed by atoms with Crippen LogP contribution in [0.3, 0.4) is 0 Å². The molecule has 0 N–H and O–H groups in total. The first kappa shape index (κ1) is 22.2. The van der Waals surface area contributed by atoms with Crippen molar-refractivity contribution in [2.75, 3.05) is 36.2 Å². The molecule has 0 aromatic heterocycles. The fourth-order valence-corrected chi connectivity index (χ4v) is 11.2. The lowest BCUT2D eigenvalue weighted by atomic mass is 9.70. The van der Waals surface area contributed by atoms with E-state index in [0.717, 1.165) is 6.42 Å². The molecular weight excluding hydrogens is 400 g/mol. The molecule has 0 amide bonds. The summed E-state index contributed by atoms with van der Waals surface area (Å²) < 4.78 is 37.7. The van der Waals surface area contributed by atoms with Crippen LogP contribution in [0.25, 0.3) is 0 Å². The van der Waals surface area contributed by atoms with Crippen LogP contribution >= 0.6 is 10.3 Å². The van der Waals surface area contributed by atoms with Crippen LogP contribution in [0.5, 0.6) is 0 Å². The molecule has 0 spiro atoms. The Morgan fingerprint density at radius 1 is 1.25 bits per heavy atom. The molecule has 162 valence electrons. The lowest BCUT2D eigenvalue weighted by Gasteiger charge is -2.43. The van der Waals surface area contributed by atoms with Crippen molar-refractivity contribution in [1.82, 2.24) is 0 Å². The summed E-state index contributed by atoms with van der Waals surface area (Å²) in [6.07, 6.45) is 1.97. The summed E-state index contributed by atoms with van der Waals surface area (Å²) in [6, 6.07) is 0. The molecule has 1 heterocycles. The van der Waals surface area contributed by atoms with Crippen LogP contribution in [0.15, 0.2) is 0 Å². The summed E-state index contributed by atoms with van der Waals surface area (Å²) in [6.45, 7) is 10.4. The van der Waals surface area contributed by atoms with Crippen LogP contribution in [0.2, 0.25) is 0 Å². The van der Waals surface area contributed by atoms with Crippen LogP contribution in [0.1, 0.15) is 53.9 Å². The van der Waals surface area contributed by atoms with Crippen molar-refractivity contribution in [2.24, 2.45) is 22.2 Å². The molecule has 1 saturated heterocycles. The molecule has 28 heavy (non-hydrogen) atoms. The lowest BCUT2D eigenvalue weighted by molar-refractivity contribution is -0.128. The van der Waals surface area contributed by atoms with Gasteiger partial charge in [0.1, 0.15) is 11.6 Å². The Labute approximate surface area is 170 Å². The van der Waals surface area contributed by atoms with E-state index < -0.39 is 31.3 Å². The van der Waals surface area contributed by atoms with Crippen LogP contribution < -0.4 is 0 Å². The third-order valence-corrected chi connectivity index (χ3v) is 12.7. The molecular formula is C20H34O6S2. The van der Waals surface area contributed by atoms with E-state index in [0.29, 0.717) is 37.6 Å². The molecule has 2 unspecified atom stereocenters. The Kier molecular flexibility index (Phi) is 5.61. The van der Waals surface area contributed by atoms with E-state index in [4.69, 9.17) is 8.37 Å². The standard InChI is InChI=1S/C20H34O6S2/c1-18(2,3)17(22)13-27(10-8-25-9-11-27)26-28(23,24)14-20-7-6-15(12-16(20)21)19(20,4)5/h15H,6-14H2,1-5H3. The minimum absolute atomic E-state index is 0.0102. The maximum absolute atomic E-state index is 13.2. The number of fused-ring (bicyclic) bond motifs is 2. The molecule has 2 atom stereocenters. The van der Waals surface area contributed by atoms with Gasteiger partial charge in [0, 0.05) is 23.3 Å². The highest BCUT2D eigenvalue weighted by Gasteiger charge is 2.65. The molecule has 8 heteroatoms. The first-order valence-electron chi connectivity index (χ1n) is 10.1. The Hall–Kier alpha value is -0.440. The highest BCUT2D eigenvalue weighted by molar-refractivity contribution is 8.33. The van der Waals surface area contributed by atoms with E-state index in [9.17, 15) is 18.0 Å². The molecule has 0 aromatic rings. The molecule has 3 fully saturated rings. The fraction of sp³-hybridized carbons (Fsp3) is 0.900. The van der Waals surface area contributed by atoms with Gasteiger partial charge >= 0.3 is 0 Å². The van der Waals surface area contributed by atoms with E-state index in [2.05, 4.69) is 0 Å². The highest BCUT2D eigenvalue weighted by Crippen LogP contribution is 2.65. The zero-order chi connectivity index (χ0) is 21.0. The van der Waals surface area contributed by atoms with Crippen molar-refractivity contribution in [2.45, 2.75) is 53.9 Å². The predicted molar refractivity (Wildman–Crippen MR) is 111 cm³/mol. The van der Waals surface area contributed by atoms with Gasteiger partial charge in [0.25, 0.3) is 10.1 Å². The Balaban J connectivity index is 1.84. The van der Waals surface area contributed by atoms with Gasteiger partial charge in [-0.3, -0.25) is 9.59 Å². The van der Waals surface area contributed by atoms with E-state index in [1.807, 2.05) is 34.6 Å². The smallest absolute Gasteiger partial charge is 0.277 e. The van der Waals surface area contributed by atoms with Crippen LogP contribution in [0.4, 0.5) is 0 Å². The van der Waals surface area contributed by atoms with Crippen LogP contribution in [0, 0.1) is 22.2 Å². The fourth-order valence-electron chi connectivity index (χ4n) is 4.97. The van der Waals surface area contributed by atoms with Crippen molar-refractivity contribution >= 4 is 32.0 Å². The van der Waals surface area contributed by atoms with Gasteiger partial charge < -0.3 is 4.74 Å². The van der Waals surface area contributed by atoms with Crippen LogP contribution in [-0.4, -0.2) is 56.2 Å². The highest BCUT2D eigenvalue weighted by atomic mass is 32.3. The average Bonchev–Trinajstić information content (AvgIpc) is 2.87. The molecule has 3 rings (SSSR count). The summed E-state index contributed by atoms with van der Waals surface area (Å²) in [5.74, 6) is 1.08. The van der Waals surface area contributed by atoms with Gasteiger partial charge in [-0.05, 0) is 24.2 Å². The van der Waals surface area contributed by atoms with Crippen LogP contribution in [-0.2, 0) is 28.1 Å². The molecule has 2 bridgehead atoms. The summed E-state index contributed by atoms with van der Waals surface area (Å²) in [7, 11) is -6.08. The van der Waals surface area contributed by atoms with E-state index >= 15 is 0 Å².